The molecule has 1 aromatic heterocycles. The molecule has 4 rings (SSSR count). The number of piperazine rings is 1. The number of hydrogen-bond donors (Lipinski definition) is 1. The molecule has 2 aliphatic heterocycles. The molecule has 1 fully saturated rings. The Morgan fingerprint density at radius 3 is 2.61 bits per heavy atom. The van der Waals surface area contributed by atoms with Crippen LogP contribution < -0.4 is 10.2 Å². The number of nitrogens with zero attached hydrogens (tertiary/aromatic N) is 4. The maximum atomic E-state index is 13.4. The summed E-state index contributed by atoms with van der Waals surface area (Å²) in [5.74, 6) is 0.370. The minimum absolute atomic E-state index is 0.0325. The van der Waals surface area contributed by atoms with Gasteiger partial charge in [-0.15, -0.1) is 0 Å². The molecule has 2 aliphatic rings. The Kier molecular flexibility index (Phi) is 5.36. The summed E-state index contributed by atoms with van der Waals surface area (Å²) in [6, 6.07) is 12.9. The number of benzene rings is 1. The highest BCUT2D eigenvalue weighted by Gasteiger charge is 2.35. The van der Waals surface area contributed by atoms with Crippen molar-refractivity contribution < 1.29 is 9.59 Å². The monoisotopic (exact) mass is 379 g/mol. The van der Waals surface area contributed by atoms with E-state index < -0.39 is 0 Å². The van der Waals surface area contributed by atoms with Gasteiger partial charge >= 0.3 is 0 Å². The second-order valence-electron chi connectivity index (χ2n) is 7.40. The highest BCUT2D eigenvalue weighted by molar-refractivity contribution is 6.04. The lowest BCUT2D eigenvalue weighted by atomic mass is 10.0. The number of nitrogens with one attached hydrogen (secondary N) is 1. The molecule has 0 spiro atoms. The van der Waals surface area contributed by atoms with Gasteiger partial charge in [-0.05, 0) is 24.7 Å². The molecule has 0 bridgehead atoms. The number of aromatic nitrogens is 1. The Hall–Kier alpha value is -2.77. The number of carbonyl (C=O) groups is 2. The Bertz CT molecular complexity index is 849. The summed E-state index contributed by atoms with van der Waals surface area (Å²) in [5, 5.41) is 2.90. The van der Waals surface area contributed by atoms with Gasteiger partial charge in [-0.2, -0.15) is 0 Å². The number of hydrogen-bond acceptors (Lipinski definition) is 5. The molecule has 3 heterocycles. The zero-order valence-corrected chi connectivity index (χ0v) is 16.0. The minimum Gasteiger partial charge on any atom is -0.323 e. The lowest BCUT2D eigenvalue weighted by molar-refractivity contribution is -0.121. The van der Waals surface area contributed by atoms with Crippen LogP contribution >= 0.6 is 0 Å². The van der Waals surface area contributed by atoms with Crippen molar-refractivity contribution in [3.63, 3.8) is 0 Å². The molecule has 1 aromatic carbocycles. The first-order valence-corrected chi connectivity index (χ1v) is 9.64. The average Bonchev–Trinajstić information content (AvgIpc) is 2.86. The van der Waals surface area contributed by atoms with Gasteiger partial charge in [0.2, 0.25) is 11.8 Å². The molecular weight excluding hydrogens is 354 g/mol. The Labute approximate surface area is 164 Å². The van der Waals surface area contributed by atoms with Gasteiger partial charge in [0.05, 0.1) is 24.7 Å². The van der Waals surface area contributed by atoms with Crippen LogP contribution in [0.2, 0.25) is 0 Å². The summed E-state index contributed by atoms with van der Waals surface area (Å²) in [6.07, 6.45) is 1.86. The van der Waals surface area contributed by atoms with Crippen LogP contribution in [0.25, 0.3) is 0 Å². The van der Waals surface area contributed by atoms with Gasteiger partial charge in [-0.25, -0.2) is 4.98 Å². The van der Waals surface area contributed by atoms with Crippen molar-refractivity contribution in [2.24, 2.45) is 0 Å². The summed E-state index contributed by atoms with van der Waals surface area (Å²) >= 11 is 0. The quantitative estimate of drug-likeness (QED) is 0.880. The zero-order valence-electron chi connectivity index (χ0n) is 16.0. The standard InChI is InChI=1S/C21H25N5O2/c1-24-10-12-25(13-11-24)15-20(28)26-18(16-6-3-2-4-7-16)14-19(27)23-17-8-5-9-22-21(17)26/h2-9,18H,10-15H2,1H3,(H,23,27). The van der Waals surface area contributed by atoms with Crippen LogP contribution in [0.5, 0.6) is 0 Å². The molecule has 1 unspecified atom stereocenters. The molecule has 0 radical (unpaired) electrons. The molecule has 146 valence electrons. The van der Waals surface area contributed by atoms with Crippen LogP contribution in [0.15, 0.2) is 48.7 Å². The van der Waals surface area contributed by atoms with Crippen molar-refractivity contribution >= 4 is 23.3 Å². The Morgan fingerprint density at radius 1 is 1.11 bits per heavy atom. The van der Waals surface area contributed by atoms with E-state index in [-0.39, 0.29) is 24.3 Å². The van der Waals surface area contributed by atoms with Crippen molar-refractivity contribution in [2.45, 2.75) is 12.5 Å². The van der Waals surface area contributed by atoms with Gasteiger partial charge in [0.15, 0.2) is 5.82 Å². The molecule has 7 heteroatoms. The molecule has 1 saturated heterocycles. The van der Waals surface area contributed by atoms with E-state index in [1.165, 1.54) is 0 Å². The van der Waals surface area contributed by atoms with Gasteiger partial charge < -0.3 is 10.2 Å². The van der Waals surface area contributed by atoms with Crippen molar-refractivity contribution in [1.29, 1.82) is 0 Å². The van der Waals surface area contributed by atoms with Crippen LogP contribution in [-0.4, -0.2) is 66.4 Å². The molecule has 1 atom stereocenters. The highest BCUT2D eigenvalue weighted by atomic mass is 16.2. The third-order valence-electron chi connectivity index (χ3n) is 5.39. The lowest BCUT2D eigenvalue weighted by Gasteiger charge is -2.35. The number of fused-ring (bicyclic) bond motifs is 1. The minimum atomic E-state index is -0.377. The highest BCUT2D eigenvalue weighted by Crippen LogP contribution is 2.36. The van der Waals surface area contributed by atoms with E-state index in [1.807, 2.05) is 30.3 Å². The molecular formula is C21H25N5O2. The van der Waals surface area contributed by atoms with Gasteiger partial charge in [0, 0.05) is 32.4 Å². The first kappa shape index (κ1) is 18.6. The normalized spacial score (nSPS) is 21.0. The maximum absolute atomic E-state index is 13.4. The van der Waals surface area contributed by atoms with E-state index in [9.17, 15) is 9.59 Å². The predicted octanol–water partition coefficient (Wildman–Crippen LogP) is 1.75. The van der Waals surface area contributed by atoms with E-state index in [0.717, 1.165) is 31.7 Å². The van der Waals surface area contributed by atoms with Crippen LogP contribution in [0.1, 0.15) is 18.0 Å². The van der Waals surface area contributed by atoms with Gasteiger partial charge in [0.1, 0.15) is 0 Å². The fourth-order valence-electron chi connectivity index (χ4n) is 3.81. The number of amides is 2. The van der Waals surface area contributed by atoms with Crippen LogP contribution in [-0.2, 0) is 9.59 Å². The summed E-state index contributed by atoms with van der Waals surface area (Å²) < 4.78 is 0. The third-order valence-corrected chi connectivity index (χ3v) is 5.39. The largest absolute Gasteiger partial charge is 0.323 e. The van der Waals surface area contributed by atoms with Crippen molar-refractivity contribution in [3.05, 3.63) is 54.2 Å². The second-order valence-corrected chi connectivity index (χ2v) is 7.40. The first-order valence-electron chi connectivity index (χ1n) is 9.64. The molecule has 28 heavy (non-hydrogen) atoms. The summed E-state index contributed by atoms with van der Waals surface area (Å²) in [7, 11) is 2.09. The first-order chi connectivity index (χ1) is 13.6. The summed E-state index contributed by atoms with van der Waals surface area (Å²) in [4.78, 5) is 36.6. The smallest absolute Gasteiger partial charge is 0.242 e. The molecule has 0 saturated carbocycles. The third kappa shape index (κ3) is 3.90. The summed E-state index contributed by atoms with van der Waals surface area (Å²) in [6.45, 7) is 3.94. The number of carbonyl (C=O) groups excluding carboxylic acids is 2. The number of anilines is 2. The van der Waals surface area contributed by atoms with Crippen molar-refractivity contribution in [3.8, 4) is 0 Å². The number of pyridine rings is 1. The van der Waals surface area contributed by atoms with E-state index in [0.29, 0.717) is 18.1 Å². The van der Waals surface area contributed by atoms with Crippen molar-refractivity contribution in [2.75, 3.05) is 50.0 Å². The number of rotatable bonds is 3. The predicted molar refractivity (Wildman–Crippen MR) is 108 cm³/mol. The van der Waals surface area contributed by atoms with Crippen LogP contribution in [0, 0.1) is 0 Å². The second kappa shape index (κ2) is 8.08. The van der Waals surface area contributed by atoms with E-state index in [4.69, 9.17) is 0 Å². The van der Waals surface area contributed by atoms with E-state index >= 15 is 0 Å². The zero-order chi connectivity index (χ0) is 19.5. The van der Waals surface area contributed by atoms with Crippen LogP contribution in [0.4, 0.5) is 11.5 Å². The molecule has 7 nitrogen and oxygen atoms in total. The van der Waals surface area contributed by atoms with E-state index in [1.54, 1.807) is 23.2 Å². The lowest BCUT2D eigenvalue weighted by Crippen LogP contribution is -2.49. The Balaban J connectivity index is 1.68. The maximum Gasteiger partial charge on any atom is 0.242 e. The topological polar surface area (TPSA) is 68.8 Å². The summed E-state index contributed by atoms with van der Waals surface area (Å²) in [5.41, 5.74) is 1.51. The van der Waals surface area contributed by atoms with E-state index in [2.05, 4.69) is 27.1 Å². The Morgan fingerprint density at radius 2 is 1.86 bits per heavy atom. The van der Waals surface area contributed by atoms with Gasteiger partial charge in [0.25, 0.3) is 0 Å². The SMILES string of the molecule is CN1CCN(CC(=O)N2c3ncccc3NC(=O)CC2c2ccccc2)CC1. The fraction of sp³-hybridized carbons (Fsp3) is 0.381. The average molecular weight is 379 g/mol. The molecule has 2 amide bonds. The fourth-order valence-corrected chi connectivity index (χ4v) is 3.81. The van der Waals surface area contributed by atoms with Crippen LogP contribution in [0.3, 0.4) is 0 Å². The van der Waals surface area contributed by atoms with Gasteiger partial charge in [-0.3, -0.25) is 19.4 Å². The number of likely N-dealkylation sites (N-methyl/N-ethyl adjacent to an activating group) is 1. The molecule has 1 N–H and O–H groups in total. The molecule has 0 aliphatic carbocycles. The van der Waals surface area contributed by atoms with Gasteiger partial charge in [-0.1, -0.05) is 30.3 Å². The van der Waals surface area contributed by atoms with Crippen molar-refractivity contribution in [1.82, 2.24) is 14.8 Å². The molecule has 2 aromatic rings.